The fourth-order valence-corrected chi connectivity index (χ4v) is 1.41. The molecule has 0 atom stereocenters. The zero-order valence-corrected chi connectivity index (χ0v) is 8.01. The Balaban J connectivity index is 2.51. The Morgan fingerprint density at radius 1 is 1.43 bits per heavy atom. The minimum Gasteiger partial charge on any atom is -0.326 e. The summed E-state index contributed by atoms with van der Waals surface area (Å²) < 4.78 is 1.76. The molecule has 0 unspecified atom stereocenters. The first-order chi connectivity index (χ1) is 6.81. The van der Waals surface area contributed by atoms with Crippen LogP contribution in [-0.2, 0) is 13.6 Å². The first-order valence-corrected chi connectivity index (χ1v) is 4.45. The summed E-state index contributed by atoms with van der Waals surface area (Å²) in [4.78, 5) is 4.24. The SMILES string of the molecule is Cn1cc(CN)c(-c2ccccn2)n1. The van der Waals surface area contributed by atoms with E-state index in [-0.39, 0.29) is 0 Å². The number of hydrogen-bond acceptors (Lipinski definition) is 3. The highest BCUT2D eigenvalue weighted by Crippen LogP contribution is 2.18. The second-order valence-electron chi connectivity index (χ2n) is 3.10. The summed E-state index contributed by atoms with van der Waals surface area (Å²) in [7, 11) is 1.88. The molecule has 0 aliphatic carbocycles. The predicted molar refractivity (Wildman–Crippen MR) is 54.3 cm³/mol. The Kier molecular flexibility index (Phi) is 2.28. The van der Waals surface area contributed by atoms with E-state index in [4.69, 9.17) is 5.73 Å². The van der Waals surface area contributed by atoms with Crippen LogP contribution >= 0.6 is 0 Å². The molecule has 0 saturated carbocycles. The summed E-state index contributed by atoms with van der Waals surface area (Å²) in [5.74, 6) is 0. The van der Waals surface area contributed by atoms with Crippen molar-refractivity contribution in [3.05, 3.63) is 36.2 Å². The highest BCUT2D eigenvalue weighted by Gasteiger charge is 2.08. The highest BCUT2D eigenvalue weighted by molar-refractivity contribution is 5.57. The third-order valence-corrected chi connectivity index (χ3v) is 2.03. The van der Waals surface area contributed by atoms with Gasteiger partial charge in [0.25, 0.3) is 0 Å². The summed E-state index contributed by atoms with van der Waals surface area (Å²) in [6.07, 6.45) is 3.67. The molecule has 4 heteroatoms. The van der Waals surface area contributed by atoms with E-state index >= 15 is 0 Å². The zero-order valence-electron chi connectivity index (χ0n) is 8.01. The Morgan fingerprint density at radius 3 is 2.93 bits per heavy atom. The van der Waals surface area contributed by atoms with Crippen LogP contribution in [0.25, 0.3) is 11.4 Å². The Morgan fingerprint density at radius 2 is 2.29 bits per heavy atom. The molecule has 72 valence electrons. The van der Waals surface area contributed by atoms with Crippen LogP contribution in [-0.4, -0.2) is 14.8 Å². The summed E-state index contributed by atoms with van der Waals surface area (Å²) in [5, 5.41) is 4.33. The van der Waals surface area contributed by atoms with E-state index in [1.54, 1.807) is 10.9 Å². The number of pyridine rings is 1. The van der Waals surface area contributed by atoms with Crippen molar-refractivity contribution in [1.82, 2.24) is 14.8 Å². The maximum absolute atomic E-state index is 5.62. The van der Waals surface area contributed by atoms with Gasteiger partial charge >= 0.3 is 0 Å². The fraction of sp³-hybridized carbons (Fsp3) is 0.200. The molecule has 4 nitrogen and oxygen atoms in total. The molecule has 0 saturated heterocycles. The van der Waals surface area contributed by atoms with E-state index in [1.807, 2.05) is 31.4 Å². The van der Waals surface area contributed by atoms with Gasteiger partial charge in [-0.25, -0.2) is 0 Å². The Hall–Kier alpha value is -1.68. The van der Waals surface area contributed by atoms with Crippen molar-refractivity contribution >= 4 is 0 Å². The molecule has 0 fully saturated rings. The predicted octanol–water partition coefficient (Wildman–Crippen LogP) is 0.941. The van der Waals surface area contributed by atoms with Gasteiger partial charge in [0.05, 0.1) is 5.69 Å². The topological polar surface area (TPSA) is 56.7 Å². The molecule has 0 spiro atoms. The lowest BCUT2D eigenvalue weighted by atomic mass is 10.2. The number of nitrogens with zero attached hydrogens (tertiary/aromatic N) is 3. The van der Waals surface area contributed by atoms with Crippen molar-refractivity contribution in [2.24, 2.45) is 12.8 Å². The maximum Gasteiger partial charge on any atom is 0.115 e. The minimum absolute atomic E-state index is 0.486. The van der Waals surface area contributed by atoms with Gasteiger partial charge in [-0.15, -0.1) is 0 Å². The summed E-state index contributed by atoms with van der Waals surface area (Å²) in [6, 6.07) is 5.76. The lowest BCUT2D eigenvalue weighted by Gasteiger charge is -1.97. The van der Waals surface area contributed by atoms with Crippen LogP contribution in [0.3, 0.4) is 0 Å². The molecular weight excluding hydrogens is 176 g/mol. The zero-order chi connectivity index (χ0) is 9.97. The van der Waals surface area contributed by atoms with E-state index in [1.165, 1.54) is 0 Å². The lowest BCUT2D eigenvalue weighted by Crippen LogP contribution is -1.97. The van der Waals surface area contributed by atoms with Gasteiger partial charge in [-0.2, -0.15) is 5.10 Å². The molecule has 2 aromatic rings. The fourth-order valence-electron chi connectivity index (χ4n) is 1.41. The molecule has 14 heavy (non-hydrogen) atoms. The standard InChI is InChI=1S/C10H12N4/c1-14-7-8(6-11)10(13-14)9-4-2-3-5-12-9/h2-5,7H,6,11H2,1H3. The van der Waals surface area contributed by atoms with Gasteiger partial charge in [-0.1, -0.05) is 6.07 Å². The third kappa shape index (κ3) is 1.52. The van der Waals surface area contributed by atoms with Crippen molar-refractivity contribution < 1.29 is 0 Å². The second-order valence-corrected chi connectivity index (χ2v) is 3.10. The Bertz CT molecular complexity index is 419. The normalized spacial score (nSPS) is 10.4. The number of hydrogen-bond donors (Lipinski definition) is 1. The molecule has 2 heterocycles. The van der Waals surface area contributed by atoms with Gasteiger partial charge in [-0.3, -0.25) is 9.67 Å². The van der Waals surface area contributed by atoms with Gasteiger partial charge in [0.15, 0.2) is 0 Å². The van der Waals surface area contributed by atoms with Gasteiger partial charge < -0.3 is 5.73 Å². The molecule has 0 aromatic carbocycles. The van der Waals surface area contributed by atoms with Crippen molar-refractivity contribution in [2.75, 3.05) is 0 Å². The quantitative estimate of drug-likeness (QED) is 0.763. The molecule has 2 rings (SSSR count). The molecule has 0 bridgehead atoms. The van der Waals surface area contributed by atoms with Crippen molar-refractivity contribution in [3.63, 3.8) is 0 Å². The van der Waals surface area contributed by atoms with Crippen LogP contribution in [0, 0.1) is 0 Å². The molecular formula is C10H12N4. The number of aromatic nitrogens is 3. The van der Waals surface area contributed by atoms with Crippen LogP contribution in [0.4, 0.5) is 0 Å². The number of nitrogens with two attached hydrogens (primary N) is 1. The van der Waals surface area contributed by atoms with Crippen LogP contribution < -0.4 is 5.73 Å². The van der Waals surface area contributed by atoms with Crippen molar-refractivity contribution in [3.8, 4) is 11.4 Å². The van der Waals surface area contributed by atoms with Gasteiger partial charge in [0.1, 0.15) is 5.69 Å². The van der Waals surface area contributed by atoms with Crippen LogP contribution in [0.2, 0.25) is 0 Å². The Labute approximate surface area is 82.4 Å². The monoisotopic (exact) mass is 188 g/mol. The first kappa shape index (κ1) is 8.90. The molecule has 0 aliphatic rings. The first-order valence-electron chi connectivity index (χ1n) is 4.45. The number of rotatable bonds is 2. The maximum atomic E-state index is 5.62. The highest BCUT2D eigenvalue weighted by atomic mass is 15.3. The van der Waals surface area contributed by atoms with Gasteiger partial charge in [0.2, 0.25) is 0 Å². The molecule has 0 aliphatic heterocycles. The molecule has 0 amide bonds. The smallest absolute Gasteiger partial charge is 0.115 e. The van der Waals surface area contributed by atoms with E-state index in [9.17, 15) is 0 Å². The van der Waals surface area contributed by atoms with Crippen LogP contribution in [0.1, 0.15) is 5.56 Å². The van der Waals surface area contributed by atoms with Crippen LogP contribution in [0.15, 0.2) is 30.6 Å². The van der Waals surface area contributed by atoms with Crippen LogP contribution in [0.5, 0.6) is 0 Å². The number of aryl methyl sites for hydroxylation is 1. The summed E-state index contributed by atoms with van der Waals surface area (Å²) in [5.41, 5.74) is 8.38. The van der Waals surface area contributed by atoms with E-state index in [2.05, 4.69) is 10.1 Å². The minimum atomic E-state index is 0.486. The third-order valence-electron chi connectivity index (χ3n) is 2.03. The van der Waals surface area contributed by atoms with E-state index < -0.39 is 0 Å². The lowest BCUT2D eigenvalue weighted by molar-refractivity contribution is 0.769. The summed E-state index contributed by atoms with van der Waals surface area (Å²) >= 11 is 0. The molecule has 2 N–H and O–H groups in total. The molecule has 2 aromatic heterocycles. The van der Waals surface area contributed by atoms with Crippen molar-refractivity contribution in [1.29, 1.82) is 0 Å². The van der Waals surface area contributed by atoms with Gasteiger partial charge in [0, 0.05) is 31.5 Å². The average Bonchev–Trinajstić information content (AvgIpc) is 2.61. The largest absolute Gasteiger partial charge is 0.326 e. The van der Waals surface area contributed by atoms with E-state index in [0.717, 1.165) is 17.0 Å². The summed E-state index contributed by atoms with van der Waals surface area (Å²) in [6.45, 7) is 0.486. The molecule has 0 radical (unpaired) electrons. The van der Waals surface area contributed by atoms with E-state index in [0.29, 0.717) is 6.54 Å². The van der Waals surface area contributed by atoms with Gasteiger partial charge in [-0.05, 0) is 12.1 Å². The second kappa shape index (κ2) is 3.59. The average molecular weight is 188 g/mol. The van der Waals surface area contributed by atoms with Crippen molar-refractivity contribution in [2.45, 2.75) is 6.54 Å².